The predicted octanol–water partition coefficient (Wildman–Crippen LogP) is 3.71. The molecule has 0 bridgehead atoms. The smallest absolute Gasteiger partial charge is 0.151 e. The first-order valence-corrected chi connectivity index (χ1v) is 9.11. The van der Waals surface area contributed by atoms with E-state index >= 15 is 0 Å². The van der Waals surface area contributed by atoms with Crippen molar-refractivity contribution in [3.8, 4) is 5.69 Å². The largest absolute Gasteiger partial charge is 0.379 e. The fourth-order valence-electron chi connectivity index (χ4n) is 3.87. The maximum absolute atomic E-state index is 7.02. The van der Waals surface area contributed by atoms with Crippen molar-refractivity contribution >= 4 is 24.0 Å². The number of rotatable bonds is 3. The molecule has 0 atom stereocenters. The Kier molecular flexibility index (Phi) is 5.68. The summed E-state index contributed by atoms with van der Waals surface area (Å²) < 4.78 is 7.82. The molecule has 1 aromatic heterocycles. The normalized spacial score (nSPS) is 25.4. The van der Waals surface area contributed by atoms with Gasteiger partial charge in [0.25, 0.3) is 0 Å². The van der Waals surface area contributed by atoms with Crippen LogP contribution in [0, 0.1) is 0 Å². The van der Waals surface area contributed by atoms with Crippen LogP contribution in [0.2, 0.25) is 0 Å². The second kappa shape index (κ2) is 7.62. The van der Waals surface area contributed by atoms with Crippen molar-refractivity contribution in [1.82, 2.24) is 20.1 Å². The van der Waals surface area contributed by atoms with Crippen LogP contribution < -0.4 is 5.32 Å². The van der Waals surface area contributed by atoms with Gasteiger partial charge in [-0.3, -0.25) is 4.57 Å². The van der Waals surface area contributed by atoms with Crippen molar-refractivity contribution in [3.05, 3.63) is 41.5 Å². The van der Waals surface area contributed by atoms with Crippen LogP contribution in [0.25, 0.3) is 5.69 Å². The Morgan fingerprint density at radius 2 is 2.12 bits per heavy atom. The van der Waals surface area contributed by atoms with Crippen LogP contribution in [0.4, 0.5) is 0 Å². The number of aromatic nitrogens is 3. The molecule has 0 spiro atoms. The monoisotopic (exact) mass is 382 g/mol. The highest BCUT2D eigenvalue weighted by molar-refractivity contribution is 6.24. The molecule has 25 heavy (non-hydrogen) atoms. The third-order valence-electron chi connectivity index (χ3n) is 5.20. The lowest BCUT2D eigenvalue weighted by molar-refractivity contribution is 0.0289. The lowest BCUT2D eigenvalue weighted by Gasteiger charge is -2.36. The summed E-state index contributed by atoms with van der Waals surface area (Å²) in [7, 11) is 0. The summed E-state index contributed by atoms with van der Waals surface area (Å²) in [6, 6.07) is 6.58. The van der Waals surface area contributed by atoms with E-state index in [1.165, 1.54) is 11.1 Å². The molecule has 2 aromatic rings. The molecule has 0 unspecified atom stereocenters. The maximum atomic E-state index is 7.02. The third kappa shape index (κ3) is 3.56. The number of ether oxygens (including phenoxy) is 1. The Labute approximate surface area is 159 Å². The molecule has 0 radical (unpaired) electrons. The molecule has 5 nitrogen and oxygen atoms in total. The molecular formula is C18H24Cl2N4O. The standard InChI is InChI=1S/C18H23ClN4O.ClH/c1-2-24-15-5-7-18(19,8-6-15)14-3-4-16-13(9-14)10-20-11-17-22-21-12-23(16)17;/h3-4,9,12,15,20H,2,5-8,10-11H2,1H3;1H. The molecular weight excluding hydrogens is 359 g/mol. The number of benzene rings is 1. The Hall–Kier alpha value is -1.14. The van der Waals surface area contributed by atoms with Gasteiger partial charge < -0.3 is 10.1 Å². The number of hydrogen-bond donors (Lipinski definition) is 1. The van der Waals surface area contributed by atoms with E-state index < -0.39 is 0 Å². The molecule has 0 amide bonds. The van der Waals surface area contributed by atoms with Gasteiger partial charge in [-0.25, -0.2) is 0 Å². The van der Waals surface area contributed by atoms with E-state index in [9.17, 15) is 0 Å². The van der Waals surface area contributed by atoms with Crippen LogP contribution in [-0.4, -0.2) is 27.5 Å². The van der Waals surface area contributed by atoms with E-state index in [1.54, 1.807) is 6.33 Å². The van der Waals surface area contributed by atoms with Gasteiger partial charge in [0.2, 0.25) is 0 Å². The van der Waals surface area contributed by atoms with Crippen molar-refractivity contribution in [2.75, 3.05) is 6.61 Å². The highest BCUT2D eigenvalue weighted by atomic mass is 35.5. The minimum absolute atomic E-state index is 0. The summed E-state index contributed by atoms with van der Waals surface area (Å²) in [4.78, 5) is -0.273. The van der Waals surface area contributed by atoms with Gasteiger partial charge in [0.15, 0.2) is 5.82 Å². The lowest BCUT2D eigenvalue weighted by Crippen LogP contribution is -2.30. The average Bonchev–Trinajstić information content (AvgIpc) is 2.99. The zero-order valence-electron chi connectivity index (χ0n) is 14.4. The van der Waals surface area contributed by atoms with Crippen LogP contribution in [0.3, 0.4) is 0 Å². The van der Waals surface area contributed by atoms with Gasteiger partial charge in [0.1, 0.15) is 6.33 Å². The van der Waals surface area contributed by atoms with Gasteiger partial charge in [0, 0.05) is 13.2 Å². The Balaban J connectivity index is 0.00000182. The fraction of sp³-hybridized carbons (Fsp3) is 0.556. The third-order valence-corrected chi connectivity index (χ3v) is 5.80. The van der Waals surface area contributed by atoms with E-state index in [1.807, 2.05) is 0 Å². The van der Waals surface area contributed by atoms with E-state index in [4.69, 9.17) is 16.3 Å². The summed E-state index contributed by atoms with van der Waals surface area (Å²) in [6.07, 6.45) is 6.13. The van der Waals surface area contributed by atoms with Gasteiger partial charge in [-0.15, -0.1) is 34.2 Å². The molecule has 136 valence electrons. The van der Waals surface area contributed by atoms with Gasteiger partial charge in [-0.1, -0.05) is 12.1 Å². The van der Waals surface area contributed by atoms with Crippen molar-refractivity contribution in [1.29, 1.82) is 0 Å². The zero-order valence-corrected chi connectivity index (χ0v) is 15.9. The number of alkyl halides is 1. The molecule has 2 heterocycles. The molecule has 2 aliphatic rings. The van der Waals surface area contributed by atoms with Crippen LogP contribution in [-0.2, 0) is 22.7 Å². The van der Waals surface area contributed by atoms with E-state index in [0.717, 1.165) is 56.9 Å². The van der Waals surface area contributed by atoms with Crippen molar-refractivity contribution in [2.45, 2.75) is 56.7 Å². The molecule has 0 saturated heterocycles. The fourth-order valence-corrected chi connectivity index (χ4v) is 4.21. The summed E-state index contributed by atoms with van der Waals surface area (Å²) in [5.74, 6) is 0.944. The van der Waals surface area contributed by atoms with Crippen LogP contribution in [0.5, 0.6) is 0 Å². The van der Waals surface area contributed by atoms with Crippen LogP contribution in [0.1, 0.15) is 49.6 Å². The predicted molar refractivity (Wildman–Crippen MR) is 101 cm³/mol. The van der Waals surface area contributed by atoms with Gasteiger partial charge in [0.05, 0.1) is 23.2 Å². The first kappa shape index (κ1) is 18.6. The maximum Gasteiger partial charge on any atom is 0.151 e. The molecule has 1 N–H and O–H groups in total. The molecule has 1 saturated carbocycles. The van der Waals surface area contributed by atoms with Crippen molar-refractivity contribution in [2.24, 2.45) is 0 Å². The van der Waals surface area contributed by atoms with E-state index in [0.29, 0.717) is 6.10 Å². The Morgan fingerprint density at radius 1 is 1.32 bits per heavy atom. The van der Waals surface area contributed by atoms with Gasteiger partial charge in [-0.05, 0) is 49.8 Å². The second-order valence-corrected chi connectivity index (χ2v) is 7.41. The number of nitrogens with zero attached hydrogens (tertiary/aromatic N) is 3. The van der Waals surface area contributed by atoms with Crippen LogP contribution in [0.15, 0.2) is 24.5 Å². The second-order valence-electron chi connectivity index (χ2n) is 6.68. The molecule has 1 aliphatic carbocycles. The first-order chi connectivity index (χ1) is 11.7. The van der Waals surface area contributed by atoms with Gasteiger partial charge in [-0.2, -0.15) is 0 Å². The zero-order chi connectivity index (χ0) is 16.6. The minimum Gasteiger partial charge on any atom is -0.379 e. The number of fused-ring (bicyclic) bond motifs is 3. The van der Waals surface area contributed by atoms with Crippen LogP contribution >= 0.6 is 24.0 Å². The summed E-state index contributed by atoms with van der Waals surface area (Å²) in [5, 5.41) is 11.6. The highest BCUT2D eigenvalue weighted by Gasteiger charge is 2.35. The van der Waals surface area contributed by atoms with Crippen molar-refractivity contribution < 1.29 is 4.74 Å². The van der Waals surface area contributed by atoms with E-state index in [2.05, 4.69) is 45.2 Å². The average molecular weight is 383 g/mol. The SMILES string of the molecule is CCOC1CCC(Cl)(c2ccc3c(c2)CNCc2nncn2-3)CC1.Cl. The van der Waals surface area contributed by atoms with E-state index in [-0.39, 0.29) is 17.3 Å². The Morgan fingerprint density at radius 3 is 2.88 bits per heavy atom. The summed E-state index contributed by atoms with van der Waals surface area (Å²) in [5.41, 5.74) is 3.61. The lowest BCUT2D eigenvalue weighted by atomic mass is 9.81. The number of nitrogens with one attached hydrogen (secondary N) is 1. The molecule has 1 aromatic carbocycles. The minimum atomic E-state index is -0.273. The number of hydrogen-bond acceptors (Lipinski definition) is 4. The first-order valence-electron chi connectivity index (χ1n) is 8.73. The quantitative estimate of drug-likeness (QED) is 0.822. The highest BCUT2D eigenvalue weighted by Crippen LogP contribution is 2.44. The number of halogens is 2. The van der Waals surface area contributed by atoms with Crippen molar-refractivity contribution in [3.63, 3.8) is 0 Å². The Bertz CT molecular complexity index is 726. The van der Waals surface area contributed by atoms with Gasteiger partial charge >= 0.3 is 0 Å². The molecule has 1 fully saturated rings. The molecule has 4 rings (SSSR count). The molecule has 7 heteroatoms. The molecule has 1 aliphatic heterocycles. The topological polar surface area (TPSA) is 52.0 Å². The summed E-state index contributed by atoms with van der Waals surface area (Å²) >= 11 is 7.02. The summed E-state index contributed by atoms with van der Waals surface area (Å²) in [6.45, 7) is 4.39.